The average Bonchev–Trinajstić information content (AvgIpc) is 3.01. The van der Waals surface area contributed by atoms with E-state index in [1.807, 2.05) is 32.0 Å². The number of anilines is 1. The molecule has 1 aromatic rings. The Labute approximate surface area is 137 Å². The highest BCUT2D eigenvalue weighted by atomic mass is 16.2. The van der Waals surface area contributed by atoms with Gasteiger partial charge in [-0.2, -0.15) is 0 Å². The Morgan fingerprint density at radius 2 is 2.00 bits per heavy atom. The Morgan fingerprint density at radius 3 is 2.65 bits per heavy atom. The Kier molecular flexibility index (Phi) is 5.98. The molecule has 1 aliphatic rings. The summed E-state index contributed by atoms with van der Waals surface area (Å²) in [6.45, 7) is 5.43. The molecule has 1 heterocycles. The van der Waals surface area contributed by atoms with Crippen LogP contribution >= 0.6 is 0 Å². The van der Waals surface area contributed by atoms with Gasteiger partial charge >= 0.3 is 0 Å². The first-order chi connectivity index (χ1) is 11.0. The third-order valence-corrected chi connectivity index (χ3v) is 4.12. The summed E-state index contributed by atoms with van der Waals surface area (Å²) in [4.78, 5) is 25.9. The second-order valence-electron chi connectivity index (χ2n) is 6.32. The van der Waals surface area contributed by atoms with Crippen LogP contribution in [0.4, 0.5) is 5.69 Å². The van der Waals surface area contributed by atoms with Crippen molar-refractivity contribution in [1.82, 2.24) is 10.6 Å². The first kappa shape index (κ1) is 17.3. The second-order valence-corrected chi connectivity index (χ2v) is 6.32. The molecule has 0 bridgehead atoms. The molecular formula is C17H26N4O2. The van der Waals surface area contributed by atoms with Gasteiger partial charge in [-0.15, -0.1) is 0 Å². The molecule has 23 heavy (non-hydrogen) atoms. The van der Waals surface area contributed by atoms with E-state index in [-0.39, 0.29) is 30.3 Å². The zero-order chi connectivity index (χ0) is 16.8. The minimum absolute atomic E-state index is 0.0267. The van der Waals surface area contributed by atoms with E-state index < -0.39 is 6.04 Å². The molecule has 2 amide bonds. The number of carbonyl (C=O) groups excluding carboxylic acids is 2. The van der Waals surface area contributed by atoms with Crippen LogP contribution in [0, 0.1) is 5.92 Å². The number of para-hydroxylation sites is 1. The summed E-state index contributed by atoms with van der Waals surface area (Å²) in [6.07, 6.45) is 0.903. The van der Waals surface area contributed by atoms with Gasteiger partial charge in [0, 0.05) is 24.8 Å². The van der Waals surface area contributed by atoms with Crippen LogP contribution in [0.1, 0.15) is 20.3 Å². The topological polar surface area (TPSA) is 87.5 Å². The molecule has 6 nitrogen and oxygen atoms in total. The van der Waals surface area contributed by atoms with Gasteiger partial charge in [-0.25, -0.2) is 0 Å². The molecule has 0 aromatic heterocycles. The third-order valence-electron chi connectivity index (χ3n) is 4.12. The zero-order valence-corrected chi connectivity index (χ0v) is 13.8. The van der Waals surface area contributed by atoms with Crippen LogP contribution in [0.15, 0.2) is 30.3 Å². The molecule has 126 valence electrons. The summed E-state index contributed by atoms with van der Waals surface area (Å²) in [5.41, 5.74) is 6.91. The smallest absolute Gasteiger partial charge is 0.239 e. The third kappa shape index (κ3) is 4.96. The summed E-state index contributed by atoms with van der Waals surface area (Å²) in [7, 11) is 0. The molecule has 0 aliphatic carbocycles. The normalized spacial score (nSPS) is 18.8. The Morgan fingerprint density at radius 1 is 1.30 bits per heavy atom. The van der Waals surface area contributed by atoms with Crippen molar-refractivity contribution in [2.45, 2.75) is 32.4 Å². The van der Waals surface area contributed by atoms with Crippen molar-refractivity contribution in [3.05, 3.63) is 30.3 Å². The molecule has 1 aromatic carbocycles. The molecule has 1 fully saturated rings. The number of nitrogens with zero attached hydrogens (tertiary/aromatic N) is 1. The van der Waals surface area contributed by atoms with E-state index in [4.69, 9.17) is 5.73 Å². The minimum atomic E-state index is -0.581. The van der Waals surface area contributed by atoms with Crippen molar-refractivity contribution < 1.29 is 9.59 Å². The first-order valence-corrected chi connectivity index (χ1v) is 8.10. The minimum Gasteiger partial charge on any atom is -0.369 e. The molecule has 1 saturated heterocycles. The van der Waals surface area contributed by atoms with Gasteiger partial charge in [0.05, 0.1) is 12.6 Å². The second kappa shape index (κ2) is 7.97. The average molecular weight is 318 g/mol. The molecule has 0 radical (unpaired) electrons. The van der Waals surface area contributed by atoms with Crippen molar-refractivity contribution in [2.24, 2.45) is 11.7 Å². The predicted molar refractivity (Wildman–Crippen MR) is 91.0 cm³/mol. The van der Waals surface area contributed by atoms with Crippen LogP contribution < -0.4 is 21.3 Å². The summed E-state index contributed by atoms with van der Waals surface area (Å²) < 4.78 is 0. The van der Waals surface area contributed by atoms with Gasteiger partial charge in [-0.1, -0.05) is 32.0 Å². The van der Waals surface area contributed by atoms with E-state index in [9.17, 15) is 9.59 Å². The number of benzene rings is 1. The molecular weight excluding hydrogens is 292 g/mol. The van der Waals surface area contributed by atoms with Crippen molar-refractivity contribution in [3.8, 4) is 0 Å². The Hall–Kier alpha value is -2.08. The fourth-order valence-electron chi connectivity index (χ4n) is 2.62. The molecule has 0 saturated carbocycles. The van der Waals surface area contributed by atoms with Crippen LogP contribution in [0.2, 0.25) is 0 Å². The molecule has 6 heteroatoms. The largest absolute Gasteiger partial charge is 0.369 e. The number of nitrogens with two attached hydrogens (primary N) is 1. The van der Waals surface area contributed by atoms with Gasteiger partial charge < -0.3 is 21.3 Å². The van der Waals surface area contributed by atoms with Crippen LogP contribution in [0.3, 0.4) is 0 Å². The maximum atomic E-state index is 12.0. The maximum Gasteiger partial charge on any atom is 0.239 e. The Bertz CT molecular complexity index is 533. The number of nitrogens with one attached hydrogen (secondary N) is 2. The summed E-state index contributed by atoms with van der Waals surface area (Å²) in [5.74, 6) is -0.408. The lowest BCUT2D eigenvalue weighted by atomic mass is 10.1. The fourth-order valence-corrected chi connectivity index (χ4v) is 2.62. The van der Waals surface area contributed by atoms with Crippen LogP contribution in [-0.2, 0) is 9.59 Å². The van der Waals surface area contributed by atoms with E-state index in [1.54, 1.807) is 0 Å². The highest BCUT2D eigenvalue weighted by Crippen LogP contribution is 2.19. The summed E-state index contributed by atoms with van der Waals surface area (Å²) >= 11 is 0. The van der Waals surface area contributed by atoms with Gasteiger partial charge in [0.1, 0.15) is 0 Å². The number of hydrogen-bond donors (Lipinski definition) is 3. The molecule has 1 aliphatic heterocycles. The molecule has 0 spiro atoms. The van der Waals surface area contributed by atoms with E-state index in [0.717, 1.165) is 19.5 Å². The van der Waals surface area contributed by atoms with Crippen molar-refractivity contribution >= 4 is 17.5 Å². The fraction of sp³-hybridized carbons (Fsp3) is 0.529. The lowest BCUT2D eigenvalue weighted by Gasteiger charge is -2.19. The monoisotopic (exact) mass is 318 g/mol. The van der Waals surface area contributed by atoms with Gasteiger partial charge in [-0.05, 0) is 24.5 Å². The zero-order valence-electron chi connectivity index (χ0n) is 13.8. The highest BCUT2D eigenvalue weighted by Gasteiger charge is 2.24. The number of hydrogen-bond acceptors (Lipinski definition) is 4. The number of rotatable bonds is 6. The first-order valence-electron chi connectivity index (χ1n) is 8.10. The van der Waals surface area contributed by atoms with Crippen molar-refractivity contribution in [1.29, 1.82) is 0 Å². The van der Waals surface area contributed by atoms with E-state index in [0.29, 0.717) is 0 Å². The maximum absolute atomic E-state index is 12.0. The van der Waals surface area contributed by atoms with Crippen molar-refractivity contribution in [3.63, 3.8) is 0 Å². The summed E-state index contributed by atoms with van der Waals surface area (Å²) in [6, 6.07) is 9.67. The molecule has 2 atom stereocenters. The number of amides is 2. The Balaban J connectivity index is 1.73. The van der Waals surface area contributed by atoms with Gasteiger partial charge in [-0.3, -0.25) is 9.59 Å². The molecule has 1 unspecified atom stereocenters. The highest BCUT2D eigenvalue weighted by molar-refractivity contribution is 5.87. The van der Waals surface area contributed by atoms with Gasteiger partial charge in [0.2, 0.25) is 11.8 Å². The van der Waals surface area contributed by atoms with Gasteiger partial charge in [0.25, 0.3) is 0 Å². The molecule has 4 N–H and O–H groups in total. The van der Waals surface area contributed by atoms with E-state index in [1.165, 1.54) is 5.69 Å². The van der Waals surface area contributed by atoms with Crippen LogP contribution in [0.25, 0.3) is 0 Å². The number of carbonyl (C=O) groups is 2. The van der Waals surface area contributed by atoms with E-state index in [2.05, 4.69) is 27.7 Å². The standard InChI is InChI=1S/C17H26N4O2/c1-12(2)16(18)17(23)19-10-15(22)20-13-8-9-21(11-13)14-6-4-3-5-7-14/h3-7,12-13,16H,8-11,18H2,1-2H3,(H,19,23)(H,20,22)/t13?,16-/m0/s1. The van der Waals surface area contributed by atoms with Crippen LogP contribution in [-0.4, -0.2) is 43.5 Å². The lowest BCUT2D eigenvalue weighted by molar-refractivity contribution is -0.127. The predicted octanol–water partition coefficient (Wildman–Crippen LogP) is 0.481. The quantitative estimate of drug-likeness (QED) is 0.712. The van der Waals surface area contributed by atoms with E-state index >= 15 is 0 Å². The summed E-state index contributed by atoms with van der Waals surface area (Å²) in [5, 5.41) is 5.56. The van der Waals surface area contributed by atoms with Crippen LogP contribution in [0.5, 0.6) is 0 Å². The molecule has 2 rings (SSSR count). The lowest BCUT2D eigenvalue weighted by Crippen LogP contribution is -2.48. The SMILES string of the molecule is CC(C)[C@H](N)C(=O)NCC(=O)NC1CCN(c2ccccc2)C1. The van der Waals surface area contributed by atoms with Crippen molar-refractivity contribution in [2.75, 3.05) is 24.5 Å². The van der Waals surface area contributed by atoms with Gasteiger partial charge in [0.15, 0.2) is 0 Å².